The Labute approximate surface area is 206 Å². The summed E-state index contributed by atoms with van der Waals surface area (Å²) in [5, 5.41) is 2.08. The predicted molar refractivity (Wildman–Crippen MR) is 149 cm³/mol. The van der Waals surface area contributed by atoms with Crippen molar-refractivity contribution in [2.24, 2.45) is 10.9 Å². The fourth-order valence-corrected chi connectivity index (χ4v) is 4.34. The highest BCUT2D eigenvalue weighted by Gasteiger charge is 2.17. The van der Waals surface area contributed by atoms with Crippen LogP contribution in [0.3, 0.4) is 0 Å². The monoisotopic (exact) mass is 453 g/mol. The van der Waals surface area contributed by atoms with Gasteiger partial charge in [0.25, 0.3) is 0 Å². The van der Waals surface area contributed by atoms with Crippen LogP contribution in [-0.4, -0.2) is 12.8 Å². The maximum absolute atomic E-state index is 4.98. The summed E-state index contributed by atoms with van der Waals surface area (Å²) < 4.78 is 0. The first-order valence-electron chi connectivity index (χ1n) is 12.4. The number of fused-ring (bicyclic) bond motifs is 1. The van der Waals surface area contributed by atoms with E-state index in [0.717, 1.165) is 37.1 Å². The number of hydrazine groups is 1. The van der Waals surface area contributed by atoms with Gasteiger partial charge in [0.2, 0.25) is 0 Å². The molecular weight excluding hydrogens is 414 g/mol. The van der Waals surface area contributed by atoms with E-state index in [1.165, 1.54) is 46.5 Å². The number of unbranched alkanes of at least 4 members (excludes halogenated alkanes) is 3. The van der Waals surface area contributed by atoms with Crippen LogP contribution in [0.25, 0.3) is 16.7 Å². The molecule has 0 radical (unpaired) electrons. The van der Waals surface area contributed by atoms with Gasteiger partial charge in [-0.1, -0.05) is 56.8 Å². The van der Waals surface area contributed by atoms with Crippen molar-refractivity contribution in [3.8, 4) is 11.1 Å². The molecule has 0 amide bonds. The van der Waals surface area contributed by atoms with Gasteiger partial charge in [0.15, 0.2) is 0 Å². The number of rotatable bonds is 11. The Bertz CT molecular complexity index is 1120. The molecular formula is C31H39N3. The first-order chi connectivity index (χ1) is 16.4. The van der Waals surface area contributed by atoms with E-state index in [4.69, 9.17) is 4.99 Å². The largest absolute Gasteiger partial charge is 0.311 e. The standard InChI is InChI=1S/C31H39N3/c1-7-9-10-11-12-13-17-30(8-2)33-25(5)23(3)24(4)26-15-14-16-27(20-26)28-18-19-31-29(21-28)22-32-34(31)6/h8-9,14-16,18-21,23,32H,1,4,10-13,17,22H2,2-3,5-6H3/b30-8-,33-25+. The van der Waals surface area contributed by atoms with E-state index in [2.05, 4.69) is 106 Å². The molecule has 34 heavy (non-hydrogen) atoms. The van der Waals surface area contributed by atoms with Gasteiger partial charge in [-0.15, -0.1) is 5.73 Å². The molecule has 2 aromatic carbocycles. The lowest BCUT2D eigenvalue weighted by atomic mass is 9.90. The van der Waals surface area contributed by atoms with Crippen LogP contribution in [0.5, 0.6) is 0 Å². The van der Waals surface area contributed by atoms with Crippen molar-refractivity contribution in [3.05, 3.63) is 90.3 Å². The molecule has 1 aliphatic heterocycles. The molecule has 2 aromatic rings. The molecule has 0 spiro atoms. The van der Waals surface area contributed by atoms with Crippen molar-refractivity contribution < 1.29 is 0 Å². The van der Waals surface area contributed by atoms with Crippen molar-refractivity contribution >= 4 is 17.0 Å². The molecule has 3 rings (SSSR count). The molecule has 3 nitrogen and oxygen atoms in total. The zero-order chi connectivity index (χ0) is 24.5. The van der Waals surface area contributed by atoms with Gasteiger partial charge in [-0.2, -0.15) is 0 Å². The van der Waals surface area contributed by atoms with Gasteiger partial charge in [0.1, 0.15) is 0 Å². The molecule has 1 heterocycles. The minimum Gasteiger partial charge on any atom is -0.311 e. The van der Waals surface area contributed by atoms with Crippen LogP contribution in [0.1, 0.15) is 64.0 Å². The van der Waals surface area contributed by atoms with Crippen molar-refractivity contribution in [3.63, 3.8) is 0 Å². The highest BCUT2D eigenvalue weighted by atomic mass is 15.5. The molecule has 0 aromatic heterocycles. The van der Waals surface area contributed by atoms with E-state index in [1.807, 2.05) is 6.08 Å². The van der Waals surface area contributed by atoms with Crippen molar-refractivity contribution in [2.75, 3.05) is 12.1 Å². The smallest absolute Gasteiger partial charge is 0.0562 e. The molecule has 0 bridgehead atoms. The number of nitrogens with zero attached hydrogens (tertiary/aromatic N) is 2. The minimum absolute atomic E-state index is 0.181. The summed E-state index contributed by atoms with van der Waals surface area (Å²) in [5.41, 5.74) is 15.8. The average Bonchev–Trinajstić information content (AvgIpc) is 3.24. The third-order valence-corrected chi connectivity index (χ3v) is 6.74. The van der Waals surface area contributed by atoms with Crippen molar-refractivity contribution in [1.82, 2.24) is 5.43 Å². The SMILES string of the molecule is C=C=CCCCCCC(=C/C)/N=C(\C)C(C)C(=C)c1cccc(-c2ccc3c(c2)CNN3C)c1. The second-order valence-corrected chi connectivity index (χ2v) is 9.11. The summed E-state index contributed by atoms with van der Waals surface area (Å²) in [6, 6.07) is 15.4. The maximum atomic E-state index is 4.98. The van der Waals surface area contributed by atoms with Gasteiger partial charge in [-0.3, -0.25) is 4.99 Å². The Hall–Kier alpha value is -3.13. The highest BCUT2D eigenvalue weighted by Crippen LogP contribution is 2.32. The van der Waals surface area contributed by atoms with Gasteiger partial charge < -0.3 is 5.01 Å². The molecule has 1 N–H and O–H groups in total. The van der Waals surface area contributed by atoms with Crippen LogP contribution in [0, 0.1) is 5.92 Å². The number of hydrogen-bond acceptors (Lipinski definition) is 3. The van der Waals surface area contributed by atoms with E-state index in [-0.39, 0.29) is 5.92 Å². The van der Waals surface area contributed by atoms with Gasteiger partial charge in [0, 0.05) is 30.9 Å². The molecule has 0 saturated heterocycles. The van der Waals surface area contributed by atoms with Crippen molar-refractivity contribution in [2.45, 2.75) is 59.4 Å². The summed E-state index contributed by atoms with van der Waals surface area (Å²) in [7, 11) is 2.06. The number of aliphatic imine (C=N–C) groups is 1. The third-order valence-electron chi connectivity index (χ3n) is 6.74. The summed E-state index contributed by atoms with van der Waals surface area (Å²) in [5.74, 6) is 0.181. The Morgan fingerprint density at radius 1 is 1.18 bits per heavy atom. The molecule has 3 heteroatoms. The molecule has 1 unspecified atom stereocenters. The normalized spacial score (nSPS) is 14.5. The number of benzene rings is 2. The summed E-state index contributed by atoms with van der Waals surface area (Å²) in [6.07, 6.45) is 9.78. The lowest BCUT2D eigenvalue weighted by Crippen LogP contribution is -2.26. The third kappa shape index (κ3) is 6.47. The van der Waals surface area contributed by atoms with Crippen LogP contribution < -0.4 is 10.4 Å². The lowest BCUT2D eigenvalue weighted by Gasteiger charge is -2.17. The number of nitrogens with one attached hydrogen (secondary N) is 1. The first-order valence-corrected chi connectivity index (χ1v) is 12.4. The molecule has 0 saturated carbocycles. The van der Waals surface area contributed by atoms with Gasteiger partial charge in [-0.25, -0.2) is 5.43 Å². The fraction of sp³-hybridized carbons (Fsp3) is 0.355. The van der Waals surface area contributed by atoms with Crippen LogP contribution in [0.2, 0.25) is 0 Å². The van der Waals surface area contributed by atoms with Gasteiger partial charge >= 0.3 is 0 Å². The Morgan fingerprint density at radius 2 is 1.97 bits per heavy atom. The minimum atomic E-state index is 0.181. The molecule has 178 valence electrons. The summed E-state index contributed by atoms with van der Waals surface area (Å²) in [4.78, 5) is 4.98. The maximum Gasteiger partial charge on any atom is 0.0562 e. The topological polar surface area (TPSA) is 27.6 Å². The average molecular weight is 454 g/mol. The summed E-state index contributed by atoms with van der Waals surface area (Å²) in [6.45, 7) is 15.4. The van der Waals surface area contributed by atoms with E-state index in [9.17, 15) is 0 Å². The van der Waals surface area contributed by atoms with Crippen LogP contribution >= 0.6 is 0 Å². The lowest BCUT2D eigenvalue weighted by molar-refractivity contribution is 0.680. The Balaban J connectivity index is 1.67. The van der Waals surface area contributed by atoms with Crippen LogP contribution in [0.4, 0.5) is 5.69 Å². The zero-order valence-electron chi connectivity index (χ0n) is 21.3. The van der Waals surface area contributed by atoms with Crippen molar-refractivity contribution in [1.29, 1.82) is 0 Å². The Morgan fingerprint density at radius 3 is 2.74 bits per heavy atom. The molecule has 0 fully saturated rings. The van der Waals surface area contributed by atoms with E-state index < -0.39 is 0 Å². The van der Waals surface area contributed by atoms with Gasteiger partial charge in [0.05, 0.1) is 5.69 Å². The van der Waals surface area contributed by atoms with E-state index in [1.54, 1.807) is 0 Å². The quantitative estimate of drug-likeness (QED) is 0.211. The number of hydrogen-bond donors (Lipinski definition) is 1. The van der Waals surface area contributed by atoms with Crippen LogP contribution in [0.15, 0.2) is 84.2 Å². The van der Waals surface area contributed by atoms with E-state index in [0.29, 0.717) is 0 Å². The highest BCUT2D eigenvalue weighted by molar-refractivity contribution is 5.95. The van der Waals surface area contributed by atoms with Gasteiger partial charge in [-0.05, 0) is 91.6 Å². The summed E-state index contributed by atoms with van der Waals surface area (Å²) >= 11 is 0. The molecule has 0 aliphatic carbocycles. The number of allylic oxidation sites excluding steroid dienone is 4. The van der Waals surface area contributed by atoms with Crippen LogP contribution in [-0.2, 0) is 6.54 Å². The zero-order valence-corrected chi connectivity index (χ0v) is 21.3. The second kappa shape index (κ2) is 12.4. The predicted octanol–water partition coefficient (Wildman–Crippen LogP) is 8.11. The number of anilines is 1. The molecule has 1 aliphatic rings. The fourth-order valence-electron chi connectivity index (χ4n) is 4.34. The first kappa shape index (κ1) is 25.5. The van der Waals surface area contributed by atoms with E-state index >= 15 is 0 Å². The Kier molecular flexibility index (Phi) is 9.27. The molecule has 1 atom stereocenters. The second-order valence-electron chi connectivity index (χ2n) is 9.11.